The molecule has 1 aliphatic rings. The van der Waals surface area contributed by atoms with Crippen molar-refractivity contribution < 1.29 is 9.90 Å². The molecule has 0 atom stereocenters. The number of nitrogens with zero attached hydrogens (tertiary/aromatic N) is 2. The van der Waals surface area contributed by atoms with Gasteiger partial charge in [0.25, 0.3) is 0 Å². The molecule has 0 spiro atoms. The van der Waals surface area contributed by atoms with E-state index in [4.69, 9.17) is 10.1 Å². The highest BCUT2D eigenvalue weighted by molar-refractivity contribution is 7.11. The van der Waals surface area contributed by atoms with Crippen molar-refractivity contribution in [2.45, 2.75) is 58.9 Å². The summed E-state index contributed by atoms with van der Waals surface area (Å²) in [6.45, 7) is 11.7. The van der Waals surface area contributed by atoms with Gasteiger partial charge in [0.05, 0.1) is 18.7 Å². The van der Waals surface area contributed by atoms with Crippen LogP contribution >= 0.6 is 11.3 Å². The second-order valence-corrected chi connectivity index (χ2v) is 8.33. The summed E-state index contributed by atoms with van der Waals surface area (Å²) in [5.74, 6) is 0.0488. The Morgan fingerprint density at radius 3 is 2.52 bits per heavy atom. The first kappa shape index (κ1) is 16.4. The molecule has 0 saturated carbocycles. The van der Waals surface area contributed by atoms with E-state index in [9.17, 15) is 4.79 Å². The number of carboxylic acids is 1. The zero-order valence-corrected chi connectivity index (χ0v) is 14.3. The summed E-state index contributed by atoms with van der Waals surface area (Å²) in [7, 11) is 0. The predicted molar refractivity (Wildman–Crippen MR) is 85.8 cm³/mol. The highest BCUT2D eigenvalue weighted by atomic mass is 32.1. The monoisotopic (exact) mass is 310 g/mol. The van der Waals surface area contributed by atoms with Crippen molar-refractivity contribution in [1.29, 1.82) is 0 Å². The highest BCUT2D eigenvalue weighted by Gasteiger charge is 2.25. The van der Waals surface area contributed by atoms with Crippen LogP contribution in [0.4, 0.5) is 0 Å². The van der Waals surface area contributed by atoms with Gasteiger partial charge in [0.15, 0.2) is 0 Å². The van der Waals surface area contributed by atoms with Gasteiger partial charge in [-0.05, 0) is 31.8 Å². The fourth-order valence-corrected chi connectivity index (χ4v) is 4.04. The third kappa shape index (κ3) is 4.51. The Hall–Kier alpha value is -0.940. The Kier molecular flexibility index (Phi) is 5.04. The van der Waals surface area contributed by atoms with Gasteiger partial charge < -0.3 is 5.11 Å². The van der Waals surface area contributed by atoms with Crippen LogP contribution in [0.5, 0.6) is 0 Å². The standard InChI is InChI=1S/C16H26N2O2S/c1-11-5-7-18(8-6-11)10-13-17-15(16(2,3)4)12(21-13)9-14(19)20/h11H,5-10H2,1-4H3,(H,19,20). The fourth-order valence-electron chi connectivity index (χ4n) is 2.72. The second-order valence-electron chi connectivity index (χ2n) is 7.16. The van der Waals surface area contributed by atoms with Gasteiger partial charge in [0.1, 0.15) is 5.01 Å². The summed E-state index contributed by atoms with van der Waals surface area (Å²) in [4.78, 5) is 19.2. The number of carboxylic acid groups (broad SMARTS) is 1. The molecule has 0 radical (unpaired) electrons. The molecule has 1 fully saturated rings. The number of thiazole rings is 1. The number of hydrogen-bond acceptors (Lipinski definition) is 4. The van der Waals surface area contributed by atoms with Gasteiger partial charge in [-0.1, -0.05) is 27.7 Å². The first-order chi connectivity index (χ1) is 9.75. The Labute approximate surface area is 131 Å². The normalized spacial score (nSPS) is 18.1. The van der Waals surface area contributed by atoms with Gasteiger partial charge in [0, 0.05) is 10.3 Å². The quantitative estimate of drug-likeness (QED) is 0.927. The molecule has 0 aromatic carbocycles. The second kappa shape index (κ2) is 6.44. The number of carbonyl (C=O) groups is 1. The lowest BCUT2D eigenvalue weighted by molar-refractivity contribution is -0.136. The van der Waals surface area contributed by atoms with Gasteiger partial charge in [-0.2, -0.15) is 0 Å². The smallest absolute Gasteiger partial charge is 0.308 e. The molecular formula is C16H26N2O2S. The average molecular weight is 310 g/mol. The first-order valence-corrected chi connectivity index (χ1v) is 8.50. The number of piperidine rings is 1. The zero-order chi connectivity index (χ0) is 15.6. The van der Waals surface area contributed by atoms with Gasteiger partial charge >= 0.3 is 5.97 Å². The van der Waals surface area contributed by atoms with Gasteiger partial charge in [-0.3, -0.25) is 9.69 Å². The van der Waals surface area contributed by atoms with E-state index in [1.54, 1.807) is 11.3 Å². The molecular weight excluding hydrogens is 284 g/mol. The van der Waals surface area contributed by atoms with Crippen LogP contribution in [-0.4, -0.2) is 34.0 Å². The van der Waals surface area contributed by atoms with Crippen molar-refractivity contribution in [3.63, 3.8) is 0 Å². The van der Waals surface area contributed by atoms with E-state index in [1.807, 2.05) is 0 Å². The number of hydrogen-bond donors (Lipinski definition) is 1. The SMILES string of the molecule is CC1CCN(Cc2nc(C(C)(C)C)c(CC(=O)O)s2)CC1. The molecule has 118 valence electrons. The third-order valence-electron chi connectivity index (χ3n) is 4.00. The first-order valence-electron chi connectivity index (χ1n) is 7.69. The maximum absolute atomic E-state index is 11.1. The van der Waals surface area contributed by atoms with Crippen LogP contribution in [0.3, 0.4) is 0 Å². The molecule has 0 amide bonds. The van der Waals surface area contributed by atoms with E-state index in [0.717, 1.165) is 41.1 Å². The molecule has 2 rings (SSSR count). The molecule has 1 N–H and O–H groups in total. The minimum Gasteiger partial charge on any atom is -0.481 e. The van der Waals surface area contributed by atoms with Crippen molar-refractivity contribution in [2.75, 3.05) is 13.1 Å². The molecule has 0 unspecified atom stereocenters. The zero-order valence-electron chi connectivity index (χ0n) is 13.5. The molecule has 1 aromatic rings. The topological polar surface area (TPSA) is 53.4 Å². The van der Waals surface area contributed by atoms with Crippen molar-refractivity contribution in [1.82, 2.24) is 9.88 Å². The van der Waals surface area contributed by atoms with Crippen LogP contribution in [0.15, 0.2) is 0 Å². The van der Waals surface area contributed by atoms with Gasteiger partial charge in [0.2, 0.25) is 0 Å². The number of aliphatic carboxylic acids is 1. The van der Waals surface area contributed by atoms with Crippen LogP contribution in [0.25, 0.3) is 0 Å². The van der Waals surface area contributed by atoms with Crippen molar-refractivity contribution >= 4 is 17.3 Å². The molecule has 1 saturated heterocycles. The van der Waals surface area contributed by atoms with E-state index < -0.39 is 5.97 Å². The third-order valence-corrected chi connectivity index (χ3v) is 5.04. The molecule has 0 aliphatic carbocycles. The van der Waals surface area contributed by atoms with E-state index in [0.29, 0.717) is 0 Å². The Bertz CT molecular complexity index is 497. The molecule has 5 heteroatoms. The molecule has 2 heterocycles. The van der Waals surface area contributed by atoms with E-state index in [2.05, 4.69) is 32.6 Å². The van der Waals surface area contributed by atoms with Crippen LogP contribution in [0.1, 0.15) is 56.1 Å². The largest absolute Gasteiger partial charge is 0.481 e. The summed E-state index contributed by atoms with van der Waals surface area (Å²) >= 11 is 1.58. The van der Waals surface area contributed by atoms with Crippen LogP contribution in [0.2, 0.25) is 0 Å². The molecule has 0 bridgehead atoms. The number of likely N-dealkylation sites (tertiary alicyclic amines) is 1. The van der Waals surface area contributed by atoms with Crippen LogP contribution < -0.4 is 0 Å². The van der Waals surface area contributed by atoms with Gasteiger partial charge in [-0.25, -0.2) is 4.98 Å². The minimum absolute atomic E-state index is 0.0846. The lowest BCUT2D eigenvalue weighted by Gasteiger charge is -2.29. The Balaban J connectivity index is 2.13. The van der Waals surface area contributed by atoms with Crippen molar-refractivity contribution in [2.24, 2.45) is 5.92 Å². The number of aromatic nitrogens is 1. The lowest BCUT2D eigenvalue weighted by atomic mass is 9.91. The van der Waals surface area contributed by atoms with Crippen LogP contribution in [-0.2, 0) is 23.2 Å². The average Bonchev–Trinajstić information content (AvgIpc) is 2.74. The van der Waals surface area contributed by atoms with Crippen LogP contribution in [0, 0.1) is 5.92 Å². The number of rotatable bonds is 4. The van der Waals surface area contributed by atoms with E-state index in [-0.39, 0.29) is 11.8 Å². The Morgan fingerprint density at radius 1 is 1.38 bits per heavy atom. The molecule has 4 nitrogen and oxygen atoms in total. The molecule has 21 heavy (non-hydrogen) atoms. The maximum Gasteiger partial charge on any atom is 0.308 e. The summed E-state index contributed by atoms with van der Waals surface area (Å²) in [5, 5.41) is 10.1. The molecule has 1 aliphatic heterocycles. The summed E-state index contributed by atoms with van der Waals surface area (Å²) in [5.41, 5.74) is 0.853. The molecule has 1 aromatic heterocycles. The predicted octanol–water partition coefficient (Wildman–Crippen LogP) is 3.30. The summed E-state index contributed by atoms with van der Waals surface area (Å²) in [6, 6.07) is 0. The lowest BCUT2D eigenvalue weighted by Crippen LogP contribution is -2.32. The summed E-state index contributed by atoms with van der Waals surface area (Å²) in [6.07, 6.45) is 2.58. The highest BCUT2D eigenvalue weighted by Crippen LogP contribution is 2.31. The minimum atomic E-state index is -0.775. The van der Waals surface area contributed by atoms with E-state index >= 15 is 0 Å². The summed E-state index contributed by atoms with van der Waals surface area (Å²) < 4.78 is 0. The van der Waals surface area contributed by atoms with Crippen molar-refractivity contribution in [3.05, 3.63) is 15.6 Å². The van der Waals surface area contributed by atoms with Gasteiger partial charge in [-0.15, -0.1) is 11.3 Å². The van der Waals surface area contributed by atoms with Crippen molar-refractivity contribution in [3.8, 4) is 0 Å². The maximum atomic E-state index is 11.1. The van der Waals surface area contributed by atoms with E-state index in [1.165, 1.54) is 12.8 Å². The Morgan fingerprint density at radius 2 is 2.00 bits per heavy atom. The fraction of sp³-hybridized carbons (Fsp3) is 0.750.